The summed E-state index contributed by atoms with van der Waals surface area (Å²) in [5, 5.41) is 3.22. The second kappa shape index (κ2) is 5.12. The van der Waals surface area contributed by atoms with Crippen molar-refractivity contribution in [2.24, 2.45) is 5.73 Å². The molecule has 0 aromatic carbocycles. The molecule has 3 N–H and O–H groups in total. The van der Waals surface area contributed by atoms with Gasteiger partial charge in [0.1, 0.15) is 5.82 Å². The number of anilines is 2. The molecular formula is C11H19N5. The van der Waals surface area contributed by atoms with Gasteiger partial charge in [-0.15, -0.1) is 0 Å². The molecule has 0 radical (unpaired) electrons. The minimum absolute atomic E-state index is 0.298. The summed E-state index contributed by atoms with van der Waals surface area (Å²) in [7, 11) is 0. The van der Waals surface area contributed by atoms with Gasteiger partial charge in [0.2, 0.25) is 5.95 Å². The second-order valence-corrected chi connectivity index (χ2v) is 4.18. The third kappa shape index (κ3) is 2.61. The van der Waals surface area contributed by atoms with Crippen LogP contribution < -0.4 is 16.0 Å². The molecule has 5 heteroatoms. The van der Waals surface area contributed by atoms with Crippen molar-refractivity contribution in [2.45, 2.75) is 25.8 Å². The number of nitrogens with two attached hydrogens (primary N) is 1. The molecule has 0 atom stereocenters. The van der Waals surface area contributed by atoms with Crippen molar-refractivity contribution in [2.75, 3.05) is 29.9 Å². The lowest BCUT2D eigenvalue weighted by atomic mass is 10.1. The van der Waals surface area contributed by atoms with Gasteiger partial charge in [0.15, 0.2) is 0 Å². The fraction of sp³-hybridized carbons (Fsp3) is 0.636. The van der Waals surface area contributed by atoms with E-state index in [-0.39, 0.29) is 0 Å². The lowest BCUT2D eigenvalue weighted by Crippen LogP contribution is -2.56. The largest absolute Gasteiger partial charge is 0.354 e. The predicted octanol–water partition coefficient (Wildman–Crippen LogP) is 0.836. The van der Waals surface area contributed by atoms with E-state index in [1.54, 1.807) is 6.20 Å². The number of hydrogen-bond acceptors (Lipinski definition) is 5. The summed E-state index contributed by atoms with van der Waals surface area (Å²) in [6, 6.07) is 2.23. The van der Waals surface area contributed by atoms with Crippen LogP contribution in [0.3, 0.4) is 0 Å². The Labute approximate surface area is 96.1 Å². The molecule has 1 aromatic heterocycles. The molecule has 1 aliphatic rings. The normalized spacial score (nSPS) is 16.0. The maximum atomic E-state index is 5.74. The highest BCUT2D eigenvalue weighted by atomic mass is 15.3. The highest BCUT2D eigenvalue weighted by Gasteiger charge is 2.24. The van der Waals surface area contributed by atoms with Crippen LogP contribution in [0.5, 0.6) is 0 Å². The average molecular weight is 221 g/mol. The minimum Gasteiger partial charge on any atom is -0.354 e. The molecule has 0 unspecified atom stereocenters. The van der Waals surface area contributed by atoms with Crippen LogP contribution in [0, 0.1) is 0 Å². The Morgan fingerprint density at radius 1 is 1.56 bits per heavy atom. The van der Waals surface area contributed by atoms with Gasteiger partial charge in [0.05, 0.1) is 0 Å². The second-order valence-electron chi connectivity index (χ2n) is 4.18. The first-order valence-corrected chi connectivity index (χ1v) is 5.87. The fourth-order valence-corrected chi connectivity index (χ4v) is 1.69. The zero-order valence-corrected chi connectivity index (χ0v) is 9.69. The summed E-state index contributed by atoms with van der Waals surface area (Å²) in [5.41, 5.74) is 5.74. The van der Waals surface area contributed by atoms with Crippen LogP contribution in [-0.4, -0.2) is 35.6 Å². The van der Waals surface area contributed by atoms with E-state index >= 15 is 0 Å². The number of rotatable bonds is 5. The van der Waals surface area contributed by atoms with Crippen LogP contribution in [0.2, 0.25) is 0 Å². The van der Waals surface area contributed by atoms with Crippen LogP contribution >= 0.6 is 0 Å². The van der Waals surface area contributed by atoms with E-state index < -0.39 is 0 Å². The molecule has 0 amide bonds. The molecule has 5 nitrogen and oxygen atoms in total. The standard InChI is InChI=1S/C11H19N5/c1-2-3-5-13-11-14-6-4-10(15-11)16-7-9(12)8-16/h4,6,9H,2-3,5,7-8,12H2,1H3,(H,13,14,15). The molecule has 0 bridgehead atoms. The number of unbranched alkanes of at least 4 members (excludes halogenated alkanes) is 1. The van der Waals surface area contributed by atoms with Gasteiger partial charge in [-0.1, -0.05) is 13.3 Å². The summed E-state index contributed by atoms with van der Waals surface area (Å²) in [6.45, 7) is 4.89. The molecule has 88 valence electrons. The van der Waals surface area contributed by atoms with Crippen LogP contribution in [0.4, 0.5) is 11.8 Å². The first-order chi connectivity index (χ1) is 7.79. The molecule has 1 aliphatic heterocycles. The van der Waals surface area contributed by atoms with Gasteiger partial charge in [-0.2, -0.15) is 4.98 Å². The number of aromatic nitrogens is 2. The Balaban J connectivity index is 1.91. The lowest BCUT2D eigenvalue weighted by Gasteiger charge is -2.37. The fourth-order valence-electron chi connectivity index (χ4n) is 1.69. The van der Waals surface area contributed by atoms with E-state index in [0.717, 1.165) is 31.9 Å². The first-order valence-electron chi connectivity index (χ1n) is 5.87. The average Bonchev–Trinajstić information content (AvgIpc) is 2.26. The molecule has 2 heterocycles. The first kappa shape index (κ1) is 11.1. The quantitative estimate of drug-likeness (QED) is 0.721. The van der Waals surface area contributed by atoms with Crippen LogP contribution in [0.25, 0.3) is 0 Å². The van der Waals surface area contributed by atoms with Gasteiger partial charge in [-0.25, -0.2) is 4.98 Å². The molecule has 0 aliphatic carbocycles. The number of nitrogens with zero attached hydrogens (tertiary/aromatic N) is 3. The van der Waals surface area contributed by atoms with Crippen LogP contribution in [0.15, 0.2) is 12.3 Å². The van der Waals surface area contributed by atoms with Crippen molar-refractivity contribution in [1.82, 2.24) is 9.97 Å². The van der Waals surface area contributed by atoms with Gasteiger partial charge in [0, 0.05) is 31.9 Å². The topological polar surface area (TPSA) is 67.1 Å². The molecule has 1 saturated heterocycles. The van der Waals surface area contributed by atoms with Crippen molar-refractivity contribution in [3.63, 3.8) is 0 Å². The van der Waals surface area contributed by atoms with Gasteiger partial charge in [-0.05, 0) is 12.5 Å². The molecule has 1 fully saturated rings. The SMILES string of the molecule is CCCCNc1nccc(N2CC(N)C2)n1. The Morgan fingerprint density at radius 2 is 2.38 bits per heavy atom. The minimum atomic E-state index is 0.298. The summed E-state index contributed by atoms with van der Waals surface area (Å²) in [4.78, 5) is 10.8. The maximum Gasteiger partial charge on any atom is 0.224 e. The van der Waals surface area contributed by atoms with Gasteiger partial charge >= 0.3 is 0 Å². The summed E-state index contributed by atoms with van der Waals surface area (Å²) in [6.07, 6.45) is 4.11. The highest BCUT2D eigenvalue weighted by Crippen LogP contribution is 2.17. The van der Waals surface area contributed by atoms with Crippen molar-refractivity contribution < 1.29 is 0 Å². The monoisotopic (exact) mass is 221 g/mol. The molecule has 16 heavy (non-hydrogen) atoms. The maximum absolute atomic E-state index is 5.74. The summed E-state index contributed by atoms with van der Waals surface area (Å²) in [5.74, 6) is 1.68. The number of nitrogens with one attached hydrogen (secondary N) is 1. The van der Waals surface area contributed by atoms with E-state index in [4.69, 9.17) is 5.73 Å². The molecule has 0 saturated carbocycles. The summed E-state index contributed by atoms with van der Waals surface area (Å²) >= 11 is 0. The third-order valence-electron chi connectivity index (χ3n) is 2.69. The Kier molecular flexibility index (Phi) is 3.56. The Hall–Kier alpha value is -1.36. The lowest BCUT2D eigenvalue weighted by molar-refractivity contribution is 0.514. The van der Waals surface area contributed by atoms with Gasteiger partial charge < -0.3 is 16.0 Å². The molecule has 2 rings (SSSR count). The number of hydrogen-bond donors (Lipinski definition) is 2. The van der Waals surface area contributed by atoms with E-state index in [0.29, 0.717) is 12.0 Å². The van der Waals surface area contributed by atoms with Crippen LogP contribution in [0.1, 0.15) is 19.8 Å². The van der Waals surface area contributed by atoms with E-state index in [2.05, 4.69) is 27.1 Å². The van der Waals surface area contributed by atoms with Gasteiger partial charge in [0.25, 0.3) is 0 Å². The van der Waals surface area contributed by atoms with Gasteiger partial charge in [-0.3, -0.25) is 0 Å². The Bertz CT molecular complexity index is 335. The smallest absolute Gasteiger partial charge is 0.224 e. The zero-order valence-electron chi connectivity index (χ0n) is 9.69. The van der Waals surface area contributed by atoms with Crippen LogP contribution in [-0.2, 0) is 0 Å². The third-order valence-corrected chi connectivity index (χ3v) is 2.69. The summed E-state index contributed by atoms with van der Waals surface area (Å²) < 4.78 is 0. The van der Waals surface area contributed by atoms with E-state index in [9.17, 15) is 0 Å². The van der Waals surface area contributed by atoms with E-state index in [1.807, 2.05) is 6.07 Å². The van der Waals surface area contributed by atoms with Crippen molar-refractivity contribution in [3.8, 4) is 0 Å². The molecular weight excluding hydrogens is 202 g/mol. The van der Waals surface area contributed by atoms with Crippen molar-refractivity contribution in [3.05, 3.63) is 12.3 Å². The highest BCUT2D eigenvalue weighted by molar-refractivity contribution is 5.45. The van der Waals surface area contributed by atoms with E-state index in [1.165, 1.54) is 6.42 Å². The molecule has 1 aromatic rings. The molecule has 0 spiro atoms. The van der Waals surface area contributed by atoms with Crippen molar-refractivity contribution in [1.29, 1.82) is 0 Å². The predicted molar refractivity (Wildman–Crippen MR) is 65.6 cm³/mol. The zero-order chi connectivity index (χ0) is 11.4. The van der Waals surface area contributed by atoms with Crippen molar-refractivity contribution >= 4 is 11.8 Å². The Morgan fingerprint density at radius 3 is 3.06 bits per heavy atom.